The van der Waals surface area contributed by atoms with Crippen molar-refractivity contribution in [3.05, 3.63) is 69.9 Å². The van der Waals surface area contributed by atoms with Crippen molar-refractivity contribution in [3.8, 4) is 0 Å². The second-order valence-corrected chi connectivity index (χ2v) is 7.92. The summed E-state index contributed by atoms with van der Waals surface area (Å²) in [6.45, 7) is 2.16. The molecule has 2 nitrogen and oxygen atoms in total. The predicted molar refractivity (Wildman–Crippen MR) is 99.0 cm³/mol. The normalized spacial score (nSPS) is 25.8. The Morgan fingerprint density at radius 3 is 2.62 bits per heavy atom. The topological polar surface area (TPSA) is 29.1 Å². The minimum Gasteiger partial charge on any atom is -0.344 e. The highest BCUT2D eigenvalue weighted by molar-refractivity contribution is 7.10. The minimum absolute atomic E-state index is 0.0356. The molecule has 4 rings (SSSR count). The Labute approximate surface area is 147 Å². The molecule has 124 valence electrons. The lowest BCUT2D eigenvalue weighted by Crippen LogP contribution is -2.35. The SMILES string of the molecule is CCc1ccc([C@@H](NC(=O)[C@@H]2C[C@H]3C=C[C@H]2C3)c2cccs2)cc1. The van der Waals surface area contributed by atoms with Crippen molar-refractivity contribution in [2.45, 2.75) is 32.2 Å². The van der Waals surface area contributed by atoms with E-state index in [2.05, 4.69) is 66.2 Å². The number of amides is 1. The molecule has 3 heteroatoms. The average Bonchev–Trinajstić information content (AvgIpc) is 3.37. The van der Waals surface area contributed by atoms with E-state index < -0.39 is 0 Å². The Kier molecular flexibility index (Phi) is 4.28. The van der Waals surface area contributed by atoms with E-state index in [-0.39, 0.29) is 17.9 Å². The summed E-state index contributed by atoms with van der Waals surface area (Å²) < 4.78 is 0. The molecule has 1 saturated carbocycles. The van der Waals surface area contributed by atoms with E-state index in [9.17, 15) is 4.79 Å². The molecule has 4 atom stereocenters. The molecule has 1 heterocycles. The third-order valence-corrected chi connectivity index (χ3v) is 6.39. The molecule has 2 aliphatic rings. The number of carbonyl (C=O) groups is 1. The van der Waals surface area contributed by atoms with Gasteiger partial charge in [0.2, 0.25) is 5.91 Å². The van der Waals surface area contributed by atoms with E-state index in [1.54, 1.807) is 11.3 Å². The molecular weight excluding hydrogens is 314 g/mol. The highest BCUT2D eigenvalue weighted by Gasteiger charge is 2.40. The molecule has 24 heavy (non-hydrogen) atoms. The number of hydrogen-bond donors (Lipinski definition) is 1. The van der Waals surface area contributed by atoms with Gasteiger partial charge in [-0.1, -0.05) is 49.4 Å². The van der Waals surface area contributed by atoms with Crippen LogP contribution in [0.25, 0.3) is 0 Å². The molecule has 2 aromatic rings. The van der Waals surface area contributed by atoms with Crippen LogP contribution >= 0.6 is 11.3 Å². The Bertz CT molecular complexity index is 732. The van der Waals surface area contributed by atoms with Crippen molar-refractivity contribution in [2.75, 3.05) is 0 Å². The van der Waals surface area contributed by atoms with Crippen LogP contribution in [0, 0.1) is 17.8 Å². The highest BCUT2D eigenvalue weighted by atomic mass is 32.1. The maximum absolute atomic E-state index is 12.9. The summed E-state index contributed by atoms with van der Waals surface area (Å²) in [5.74, 6) is 1.43. The maximum atomic E-state index is 12.9. The molecule has 0 radical (unpaired) electrons. The van der Waals surface area contributed by atoms with Crippen LogP contribution in [-0.4, -0.2) is 5.91 Å². The van der Waals surface area contributed by atoms with E-state index in [1.165, 1.54) is 16.0 Å². The Morgan fingerprint density at radius 2 is 2.04 bits per heavy atom. The van der Waals surface area contributed by atoms with E-state index in [1.807, 2.05) is 0 Å². The lowest BCUT2D eigenvalue weighted by Gasteiger charge is -2.23. The van der Waals surface area contributed by atoms with Crippen LogP contribution in [-0.2, 0) is 11.2 Å². The summed E-state index contributed by atoms with van der Waals surface area (Å²) in [6.07, 6.45) is 7.74. The number of allylic oxidation sites excluding steroid dienone is 2. The van der Waals surface area contributed by atoms with E-state index in [4.69, 9.17) is 0 Å². The van der Waals surface area contributed by atoms with Crippen LogP contribution in [0.2, 0.25) is 0 Å². The summed E-state index contributed by atoms with van der Waals surface area (Å²) in [5, 5.41) is 5.42. The molecule has 0 saturated heterocycles. The monoisotopic (exact) mass is 337 g/mol. The lowest BCUT2D eigenvalue weighted by atomic mass is 9.92. The molecule has 0 unspecified atom stereocenters. The summed E-state index contributed by atoms with van der Waals surface area (Å²) in [7, 11) is 0. The molecule has 1 N–H and O–H groups in total. The molecule has 0 aliphatic heterocycles. The van der Waals surface area contributed by atoms with Crippen molar-refractivity contribution >= 4 is 17.2 Å². The van der Waals surface area contributed by atoms with Gasteiger partial charge in [0.1, 0.15) is 0 Å². The van der Waals surface area contributed by atoms with Crippen molar-refractivity contribution in [3.63, 3.8) is 0 Å². The Balaban J connectivity index is 1.56. The third kappa shape index (κ3) is 2.93. The van der Waals surface area contributed by atoms with Crippen LogP contribution in [0.4, 0.5) is 0 Å². The van der Waals surface area contributed by atoms with Crippen molar-refractivity contribution in [2.24, 2.45) is 17.8 Å². The first-order valence-corrected chi connectivity index (χ1v) is 9.73. The first-order valence-electron chi connectivity index (χ1n) is 8.85. The zero-order valence-electron chi connectivity index (χ0n) is 13.9. The van der Waals surface area contributed by atoms with Gasteiger partial charge in [-0.05, 0) is 53.7 Å². The van der Waals surface area contributed by atoms with Gasteiger partial charge >= 0.3 is 0 Å². The summed E-state index contributed by atoms with van der Waals surface area (Å²) in [6, 6.07) is 12.8. The van der Waals surface area contributed by atoms with Crippen molar-refractivity contribution < 1.29 is 4.79 Å². The fraction of sp³-hybridized carbons (Fsp3) is 0.381. The number of benzene rings is 1. The van der Waals surface area contributed by atoms with E-state index >= 15 is 0 Å². The van der Waals surface area contributed by atoms with Crippen LogP contribution in [0.15, 0.2) is 53.9 Å². The van der Waals surface area contributed by atoms with Crippen molar-refractivity contribution in [1.82, 2.24) is 5.32 Å². The van der Waals surface area contributed by atoms with Gasteiger partial charge < -0.3 is 5.32 Å². The zero-order valence-corrected chi connectivity index (χ0v) is 14.8. The second kappa shape index (κ2) is 6.56. The first-order chi connectivity index (χ1) is 11.7. The predicted octanol–water partition coefficient (Wildman–Crippen LogP) is 4.73. The number of hydrogen-bond acceptors (Lipinski definition) is 2. The molecule has 0 spiro atoms. The summed E-state index contributed by atoms with van der Waals surface area (Å²) in [5.41, 5.74) is 2.50. The number of carbonyl (C=O) groups excluding carboxylic acids is 1. The van der Waals surface area contributed by atoms with Gasteiger partial charge in [0, 0.05) is 10.8 Å². The molecule has 1 aromatic heterocycles. The molecular formula is C21H23NOS. The largest absolute Gasteiger partial charge is 0.344 e. The molecule has 1 amide bonds. The van der Waals surface area contributed by atoms with E-state index in [0.717, 1.165) is 19.3 Å². The third-order valence-electron chi connectivity index (χ3n) is 5.45. The average molecular weight is 337 g/mol. The molecule has 2 aliphatic carbocycles. The first kappa shape index (κ1) is 15.6. The highest BCUT2D eigenvalue weighted by Crippen LogP contribution is 2.43. The quantitative estimate of drug-likeness (QED) is 0.785. The molecule has 2 bridgehead atoms. The molecule has 1 fully saturated rings. The van der Waals surface area contributed by atoms with Crippen LogP contribution < -0.4 is 5.32 Å². The van der Waals surface area contributed by atoms with E-state index in [0.29, 0.717) is 11.8 Å². The summed E-state index contributed by atoms with van der Waals surface area (Å²) >= 11 is 1.71. The van der Waals surface area contributed by atoms with Gasteiger partial charge in [0.05, 0.1) is 6.04 Å². The molecule has 1 aromatic carbocycles. The van der Waals surface area contributed by atoms with Gasteiger partial charge in [-0.15, -0.1) is 11.3 Å². The number of thiophene rings is 1. The van der Waals surface area contributed by atoms with Gasteiger partial charge in [-0.25, -0.2) is 0 Å². The lowest BCUT2D eigenvalue weighted by molar-refractivity contribution is -0.126. The second-order valence-electron chi connectivity index (χ2n) is 6.94. The number of fused-ring (bicyclic) bond motifs is 2. The maximum Gasteiger partial charge on any atom is 0.224 e. The number of rotatable bonds is 5. The van der Waals surface area contributed by atoms with Gasteiger partial charge in [-0.2, -0.15) is 0 Å². The van der Waals surface area contributed by atoms with Gasteiger partial charge in [0.15, 0.2) is 0 Å². The Hall–Kier alpha value is -1.87. The standard InChI is InChI=1S/C21H23NOS/c1-2-14-5-8-16(9-6-14)20(19-4-3-11-24-19)22-21(23)18-13-15-7-10-17(18)12-15/h3-11,15,17-18,20H,2,12-13H2,1H3,(H,22,23)/t15-,17-,18+,20+/m0/s1. The van der Waals surface area contributed by atoms with Crippen LogP contribution in [0.5, 0.6) is 0 Å². The number of nitrogens with one attached hydrogen (secondary N) is 1. The Morgan fingerprint density at radius 1 is 1.21 bits per heavy atom. The van der Waals surface area contributed by atoms with Crippen molar-refractivity contribution in [1.29, 1.82) is 0 Å². The fourth-order valence-corrected chi connectivity index (χ4v) is 4.85. The van der Waals surface area contributed by atoms with Gasteiger partial charge in [0.25, 0.3) is 0 Å². The van der Waals surface area contributed by atoms with Crippen LogP contribution in [0.3, 0.4) is 0 Å². The number of aryl methyl sites for hydroxylation is 1. The summed E-state index contributed by atoms with van der Waals surface area (Å²) in [4.78, 5) is 14.1. The minimum atomic E-state index is -0.0356. The zero-order chi connectivity index (χ0) is 16.5. The van der Waals surface area contributed by atoms with Crippen LogP contribution in [0.1, 0.15) is 41.8 Å². The fourth-order valence-electron chi connectivity index (χ4n) is 4.05. The smallest absolute Gasteiger partial charge is 0.224 e. The van der Waals surface area contributed by atoms with Gasteiger partial charge in [-0.3, -0.25) is 4.79 Å².